The fourth-order valence-electron chi connectivity index (χ4n) is 1.66. The number of pyridine rings is 1. The van der Waals surface area contributed by atoms with Crippen LogP contribution in [0.4, 0.5) is 0 Å². The highest BCUT2D eigenvalue weighted by Crippen LogP contribution is 2.26. The first-order chi connectivity index (χ1) is 6.84. The molecule has 0 aliphatic carbocycles. The van der Waals surface area contributed by atoms with Crippen LogP contribution in [0.15, 0.2) is 34.9 Å². The Hall–Kier alpha value is -1.35. The lowest BCUT2D eigenvalue weighted by atomic mass is 10.2. The van der Waals surface area contributed by atoms with Crippen LogP contribution >= 0.6 is 15.9 Å². The Balaban J connectivity index is 2.58. The smallest absolute Gasteiger partial charge is 0.115 e. The molecule has 0 saturated carbocycles. The Labute approximate surface area is 89.1 Å². The number of benzene rings is 1. The van der Waals surface area contributed by atoms with Crippen molar-refractivity contribution in [1.29, 1.82) is 0 Å². The van der Waals surface area contributed by atoms with Gasteiger partial charge >= 0.3 is 0 Å². The van der Waals surface area contributed by atoms with E-state index >= 15 is 0 Å². The quantitative estimate of drug-likeness (QED) is 0.647. The second kappa shape index (κ2) is 2.82. The van der Waals surface area contributed by atoms with E-state index in [0.717, 1.165) is 20.9 Å². The Bertz CT molecular complexity index is 613. The van der Waals surface area contributed by atoms with Crippen LogP contribution < -0.4 is 0 Å². The lowest BCUT2D eigenvalue weighted by Gasteiger charge is -1.91. The van der Waals surface area contributed by atoms with Crippen molar-refractivity contribution in [1.82, 2.24) is 9.97 Å². The van der Waals surface area contributed by atoms with Gasteiger partial charge in [-0.2, -0.15) is 0 Å². The second-order valence-electron chi connectivity index (χ2n) is 3.16. The monoisotopic (exact) mass is 245 g/mol. The number of hydrogen-bond acceptors (Lipinski definition) is 1. The molecule has 3 aromatic rings. The summed E-state index contributed by atoms with van der Waals surface area (Å²) in [7, 11) is 0. The van der Waals surface area contributed by atoms with Gasteiger partial charge in [0, 0.05) is 27.0 Å². The summed E-state index contributed by atoms with van der Waals surface area (Å²) in [5, 5.41) is 2.37. The fourth-order valence-corrected chi connectivity index (χ4v) is 2.02. The summed E-state index contributed by atoms with van der Waals surface area (Å²) in [5.41, 5.74) is 2.08. The average molecular weight is 246 g/mol. The molecular formula is C11H6BrN2. The second-order valence-corrected chi connectivity index (χ2v) is 4.08. The number of nitrogens with one attached hydrogen (secondary N) is 1. The number of hydrogen-bond donors (Lipinski definition) is 1. The first-order valence-corrected chi connectivity index (χ1v) is 5.07. The maximum Gasteiger partial charge on any atom is 0.115 e. The molecule has 1 aromatic carbocycles. The Morgan fingerprint density at radius 3 is 3.07 bits per heavy atom. The van der Waals surface area contributed by atoms with Crippen molar-refractivity contribution in [2.24, 2.45) is 0 Å². The van der Waals surface area contributed by atoms with Gasteiger partial charge < -0.3 is 4.98 Å². The first-order valence-electron chi connectivity index (χ1n) is 4.28. The van der Waals surface area contributed by atoms with Gasteiger partial charge in [0.2, 0.25) is 0 Å². The van der Waals surface area contributed by atoms with Crippen molar-refractivity contribution in [2.45, 2.75) is 0 Å². The molecule has 1 radical (unpaired) electrons. The van der Waals surface area contributed by atoms with E-state index in [1.165, 1.54) is 5.39 Å². The zero-order valence-corrected chi connectivity index (χ0v) is 8.80. The number of nitrogens with zero attached hydrogens (tertiary/aromatic N) is 1. The molecule has 14 heavy (non-hydrogen) atoms. The maximum atomic E-state index is 3.96. The van der Waals surface area contributed by atoms with Crippen LogP contribution in [-0.4, -0.2) is 9.97 Å². The zero-order chi connectivity index (χ0) is 9.54. The van der Waals surface area contributed by atoms with Crippen LogP contribution in [0.1, 0.15) is 0 Å². The summed E-state index contributed by atoms with van der Waals surface area (Å²) in [5.74, 6) is 0. The van der Waals surface area contributed by atoms with Gasteiger partial charge in [0.25, 0.3) is 0 Å². The summed E-state index contributed by atoms with van der Waals surface area (Å²) < 4.78 is 1.09. The van der Waals surface area contributed by atoms with Gasteiger partial charge in [0.05, 0.1) is 5.52 Å². The van der Waals surface area contributed by atoms with Crippen LogP contribution in [0, 0.1) is 6.20 Å². The third-order valence-corrected chi connectivity index (χ3v) is 2.79. The van der Waals surface area contributed by atoms with Crippen LogP contribution in [0.25, 0.3) is 21.8 Å². The molecule has 2 aromatic heterocycles. The van der Waals surface area contributed by atoms with Crippen LogP contribution in [0.2, 0.25) is 0 Å². The summed E-state index contributed by atoms with van der Waals surface area (Å²) in [4.78, 5) is 7.23. The molecular weight excluding hydrogens is 240 g/mol. The van der Waals surface area contributed by atoms with Gasteiger partial charge in [0.15, 0.2) is 0 Å². The third-order valence-electron chi connectivity index (χ3n) is 2.29. The topological polar surface area (TPSA) is 28.7 Å². The van der Waals surface area contributed by atoms with Gasteiger partial charge in [-0.05, 0) is 24.3 Å². The van der Waals surface area contributed by atoms with E-state index < -0.39 is 0 Å². The molecule has 67 valence electrons. The van der Waals surface area contributed by atoms with Crippen molar-refractivity contribution in [3.05, 3.63) is 41.1 Å². The Morgan fingerprint density at radius 2 is 2.14 bits per heavy atom. The number of aromatic nitrogens is 2. The van der Waals surface area contributed by atoms with E-state index in [-0.39, 0.29) is 0 Å². The highest BCUT2D eigenvalue weighted by Gasteiger charge is 2.03. The number of aromatic amines is 1. The molecule has 3 heteroatoms. The largest absolute Gasteiger partial charge is 0.353 e. The molecule has 2 heterocycles. The lowest BCUT2D eigenvalue weighted by Crippen LogP contribution is -1.70. The summed E-state index contributed by atoms with van der Waals surface area (Å²) in [6.07, 6.45) is 4.70. The molecule has 0 aliphatic heterocycles. The molecule has 3 rings (SSSR count). The van der Waals surface area contributed by atoms with Gasteiger partial charge in [-0.3, -0.25) is 4.98 Å². The molecule has 0 saturated heterocycles. The lowest BCUT2D eigenvalue weighted by molar-refractivity contribution is 1.33. The molecule has 0 spiro atoms. The number of H-pyrrole nitrogens is 1. The minimum Gasteiger partial charge on any atom is -0.353 e. The van der Waals surface area contributed by atoms with Gasteiger partial charge in [0.1, 0.15) is 6.20 Å². The molecule has 0 aliphatic rings. The van der Waals surface area contributed by atoms with E-state index in [0.29, 0.717) is 0 Å². The van der Waals surface area contributed by atoms with E-state index in [4.69, 9.17) is 0 Å². The number of halogens is 1. The van der Waals surface area contributed by atoms with E-state index in [9.17, 15) is 0 Å². The van der Waals surface area contributed by atoms with E-state index in [2.05, 4.69) is 38.2 Å². The predicted molar refractivity (Wildman–Crippen MR) is 60.1 cm³/mol. The van der Waals surface area contributed by atoms with Crippen LogP contribution in [-0.2, 0) is 0 Å². The minimum atomic E-state index is 0.959. The molecule has 0 amide bonds. The third kappa shape index (κ3) is 1.06. The van der Waals surface area contributed by atoms with E-state index in [1.54, 1.807) is 6.20 Å². The van der Waals surface area contributed by atoms with Crippen LogP contribution in [0.3, 0.4) is 0 Å². The normalized spacial score (nSPS) is 11.2. The summed E-state index contributed by atoms with van der Waals surface area (Å²) in [6, 6.07) is 8.16. The maximum absolute atomic E-state index is 3.96. The van der Waals surface area contributed by atoms with Crippen molar-refractivity contribution in [3.63, 3.8) is 0 Å². The predicted octanol–water partition coefficient (Wildman–Crippen LogP) is 3.28. The minimum absolute atomic E-state index is 0.959. The molecule has 0 unspecified atom stereocenters. The van der Waals surface area contributed by atoms with Crippen LogP contribution in [0.5, 0.6) is 0 Å². The van der Waals surface area contributed by atoms with Crippen molar-refractivity contribution < 1.29 is 0 Å². The molecule has 0 bridgehead atoms. The highest BCUT2D eigenvalue weighted by molar-refractivity contribution is 9.10. The fraction of sp³-hybridized carbons (Fsp3) is 0. The number of fused-ring (bicyclic) bond motifs is 3. The van der Waals surface area contributed by atoms with Crippen molar-refractivity contribution in [3.8, 4) is 0 Å². The Kier molecular flexibility index (Phi) is 1.61. The van der Waals surface area contributed by atoms with Gasteiger partial charge in [-0.25, -0.2) is 0 Å². The Morgan fingerprint density at radius 1 is 1.21 bits per heavy atom. The van der Waals surface area contributed by atoms with Gasteiger partial charge in [-0.1, -0.05) is 15.9 Å². The summed E-state index contributed by atoms with van der Waals surface area (Å²) >= 11 is 3.46. The first kappa shape index (κ1) is 8.00. The molecule has 2 nitrogen and oxygen atoms in total. The van der Waals surface area contributed by atoms with Crippen molar-refractivity contribution >= 4 is 37.7 Å². The van der Waals surface area contributed by atoms with E-state index in [1.807, 2.05) is 18.2 Å². The van der Waals surface area contributed by atoms with Crippen molar-refractivity contribution in [2.75, 3.05) is 0 Å². The molecule has 0 atom stereocenters. The zero-order valence-electron chi connectivity index (χ0n) is 7.21. The standard InChI is InChI=1S/C11H6BrN2/c12-7-1-2-10-9(5-7)8-3-4-13-6-11(8)14-10/h1-5,14H. The molecule has 0 fully saturated rings. The highest BCUT2D eigenvalue weighted by atomic mass is 79.9. The number of rotatable bonds is 0. The average Bonchev–Trinajstić information content (AvgIpc) is 2.56. The SMILES string of the molecule is Brc1ccc2[nH]c3[c]nccc3c2c1. The molecule has 1 N–H and O–H groups in total. The summed E-state index contributed by atoms with van der Waals surface area (Å²) in [6.45, 7) is 0. The van der Waals surface area contributed by atoms with Gasteiger partial charge in [-0.15, -0.1) is 0 Å².